The molecule has 1 fully saturated rings. The summed E-state index contributed by atoms with van der Waals surface area (Å²) in [6.45, 7) is 2.91. The number of likely N-dealkylation sites (tertiary alicyclic amines) is 1. The lowest BCUT2D eigenvalue weighted by molar-refractivity contribution is 0.0950. The van der Waals surface area contributed by atoms with E-state index in [4.69, 9.17) is 0 Å². The van der Waals surface area contributed by atoms with E-state index in [0.29, 0.717) is 6.04 Å². The summed E-state index contributed by atoms with van der Waals surface area (Å²) in [6, 6.07) is 10.6. The molecule has 0 bridgehead atoms. The zero-order valence-corrected chi connectivity index (χ0v) is 10.5. The maximum Gasteiger partial charge on any atom is 0.0916 e. The van der Waals surface area contributed by atoms with E-state index in [1.54, 1.807) is 0 Å². The third-order valence-electron chi connectivity index (χ3n) is 3.61. The normalized spacial score (nSPS) is 20.4. The molecule has 1 aliphatic heterocycles. The predicted octanol–water partition coefficient (Wildman–Crippen LogP) is 1.40. The Morgan fingerprint density at radius 2 is 1.94 bits per heavy atom. The van der Waals surface area contributed by atoms with Crippen LogP contribution >= 0.6 is 0 Å². The van der Waals surface area contributed by atoms with Crippen molar-refractivity contribution >= 4 is 0 Å². The first kappa shape index (κ1) is 12.6. The molecule has 94 valence electrons. The van der Waals surface area contributed by atoms with Gasteiger partial charge in [-0.25, -0.2) is 0 Å². The van der Waals surface area contributed by atoms with Crippen molar-refractivity contribution in [1.29, 1.82) is 0 Å². The van der Waals surface area contributed by atoms with Crippen molar-refractivity contribution in [1.82, 2.24) is 10.2 Å². The first-order chi connectivity index (χ1) is 8.29. The van der Waals surface area contributed by atoms with E-state index in [2.05, 4.69) is 10.2 Å². The van der Waals surface area contributed by atoms with Gasteiger partial charge in [0.25, 0.3) is 0 Å². The Labute approximate surface area is 103 Å². The molecule has 1 atom stereocenters. The molecule has 1 aromatic carbocycles. The Morgan fingerprint density at radius 3 is 2.53 bits per heavy atom. The third kappa shape index (κ3) is 3.53. The Bertz CT molecular complexity index is 320. The number of aliphatic hydroxyl groups excluding tert-OH is 1. The minimum atomic E-state index is -0.359. The van der Waals surface area contributed by atoms with E-state index in [1.807, 2.05) is 37.4 Å². The van der Waals surface area contributed by atoms with Gasteiger partial charge in [-0.15, -0.1) is 0 Å². The molecule has 0 radical (unpaired) electrons. The molecule has 17 heavy (non-hydrogen) atoms. The summed E-state index contributed by atoms with van der Waals surface area (Å²) in [5, 5.41) is 13.5. The van der Waals surface area contributed by atoms with Crippen molar-refractivity contribution in [2.75, 3.05) is 26.7 Å². The van der Waals surface area contributed by atoms with Crippen LogP contribution in [-0.4, -0.2) is 42.7 Å². The van der Waals surface area contributed by atoms with Gasteiger partial charge < -0.3 is 15.3 Å². The van der Waals surface area contributed by atoms with Crippen molar-refractivity contribution in [2.24, 2.45) is 0 Å². The summed E-state index contributed by atoms with van der Waals surface area (Å²) in [7, 11) is 2.03. The van der Waals surface area contributed by atoms with Crippen LogP contribution in [-0.2, 0) is 0 Å². The Kier molecular flexibility index (Phi) is 4.54. The fourth-order valence-electron chi connectivity index (χ4n) is 2.43. The third-order valence-corrected chi connectivity index (χ3v) is 3.61. The molecule has 2 rings (SSSR count). The van der Waals surface area contributed by atoms with Crippen LogP contribution in [0.4, 0.5) is 0 Å². The average Bonchev–Trinajstić information content (AvgIpc) is 2.40. The Balaban J connectivity index is 1.82. The smallest absolute Gasteiger partial charge is 0.0916 e. The average molecular weight is 234 g/mol. The summed E-state index contributed by atoms with van der Waals surface area (Å²) in [5.74, 6) is 0. The Hall–Kier alpha value is -0.900. The number of nitrogens with zero attached hydrogens (tertiary/aromatic N) is 1. The molecule has 0 amide bonds. The van der Waals surface area contributed by atoms with Gasteiger partial charge in [0.2, 0.25) is 0 Å². The molecule has 1 saturated heterocycles. The number of hydrogen-bond acceptors (Lipinski definition) is 3. The summed E-state index contributed by atoms with van der Waals surface area (Å²) >= 11 is 0. The van der Waals surface area contributed by atoms with Crippen molar-refractivity contribution in [2.45, 2.75) is 25.0 Å². The highest BCUT2D eigenvalue weighted by Gasteiger charge is 2.20. The second-order valence-corrected chi connectivity index (χ2v) is 4.79. The fraction of sp³-hybridized carbons (Fsp3) is 0.571. The SMILES string of the molecule is CNC1CCN(CC(O)c2ccccc2)CC1. The molecule has 1 unspecified atom stereocenters. The lowest BCUT2D eigenvalue weighted by Gasteiger charge is -2.33. The van der Waals surface area contributed by atoms with Crippen LogP contribution in [0.2, 0.25) is 0 Å². The van der Waals surface area contributed by atoms with E-state index in [1.165, 1.54) is 12.8 Å². The van der Waals surface area contributed by atoms with Crippen LogP contribution < -0.4 is 5.32 Å². The number of piperidine rings is 1. The van der Waals surface area contributed by atoms with Crippen molar-refractivity contribution in [3.63, 3.8) is 0 Å². The zero-order valence-electron chi connectivity index (χ0n) is 10.5. The molecule has 2 N–H and O–H groups in total. The van der Waals surface area contributed by atoms with Crippen LogP contribution in [0, 0.1) is 0 Å². The highest BCUT2D eigenvalue weighted by molar-refractivity contribution is 5.17. The molecule has 1 aliphatic rings. The molecule has 0 aromatic heterocycles. The number of nitrogens with one attached hydrogen (secondary N) is 1. The number of hydrogen-bond donors (Lipinski definition) is 2. The molecule has 0 aliphatic carbocycles. The van der Waals surface area contributed by atoms with Crippen molar-refractivity contribution < 1.29 is 5.11 Å². The molecule has 1 aromatic rings. The maximum atomic E-state index is 10.1. The minimum Gasteiger partial charge on any atom is -0.387 e. The van der Waals surface area contributed by atoms with Crippen LogP contribution in [0.5, 0.6) is 0 Å². The summed E-state index contributed by atoms with van der Waals surface area (Å²) in [5.41, 5.74) is 1.02. The van der Waals surface area contributed by atoms with E-state index < -0.39 is 0 Å². The van der Waals surface area contributed by atoms with Gasteiger partial charge in [0, 0.05) is 12.6 Å². The lowest BCUT2D eigenvalue weighted by atomic mass is 10.0. The fourth-order valence-corrected chi connectivity index (χ4v) is 2.43. The van der Waals surface area contributed by atoms with E-state index in [0.717, 1.165) is 25.2 Å². The van der Waals surface area contributed by atoms with Crippen LogP contribution in [0.25, 0.3) is 0 Å². The molecule has 3 heteroatoms. The van der Waals surface area contributed by atoms with Gasteiger partial charge in [0.1, 0.15) is 0 Å². The van der Waals surface area contributed by atoms with Gasteiger partial charge in [0.05, 0.1) is 6.10 Å². The first-order valence-corrected chi connectivity index (χ1v) is 6.42. The maximum absolute atomic E-state index is 10.1. The molecule has 3 nitrogen and oxygen atoms in total. The van der Waals surface area contributed by atoms with Gasteiger partial charge in [-0.2, -0.15) is 0 Å². The standard InChI is InChI=1S/C14H22N2O/c1-15-13-7-9-16(10-8-13)11-14(17)12-5-3-2-4-6-12/h2-6,13-15,17H,7-11H2,1H3. The van der Waals surface area contributed by atoms with Crippen LogP contribution in [0.15, 0.2) is 30.3 Å². The van der Waals surface area contributed by atoms with E-state index >= 15 is 0 Å². The van der Waals surface area contributed by atoms with Crippen molar-refractivity contribution in [3.05, 3.63) is 35.9 Å². The summed E-state index contributed by atoms with van der Waals surface area (Å²) in [6.07, 6.45) is 2.00. The quantitative estimate of drug-likeness (QED) is 0.826. The van der Waals surface area contributed by atoms with Crippen molar-refractivity contribution in [3.8, 4) is 0 Å². The Morgan fingerprint density at radius 1 is 1.29 bits per heavy atom. The second kappa shape index (κ2) is 6.15. The number of aliphatic hydroxyl groups is 1. The summed E-state index contributed by atoms with van der Waals surface area (Å²) in [4.78, 5) is 2.35. The van der Waals surface area contributed by atoms with Gasteiger partial charge in [-0.05, 0) is 38.5 Å². The molecular weight excluding hydrogens is 212 g/mol. The number of benzene rings is 1. The monoisotopic (exact) mass is 234 g/mol. The molecule has 0 saturated carbocycles. The molecule has 0 spiro atoms. The topological polar surface area (TPSA) is 35.5 Å². The largest absolute Gasteiger partial charge is 0.387 e. The highest BCUT2D eigenvalue weighted by Crippen LogP contribution is 2.17. The minimum absolute atomic E-state index is 0.359. The number of rotatable bonds is 4. The molecular formula is C14H22N2O. The van der Waals surface area contributed by atoms with Gasteiger partial charge in [0.15, 0.2) is 0 Å². The highest BCUT2D eigenvalue weighted by atomic mass is 16.3. The van der Waals surface area contributed by atoms with E-state index in [9.17, 15) is 5.11 Å². The van der Waals surface area contributed by atoms with E-state index in [-0.39, 0.29) is 6.10 Å². The predicted molar refractivity (Wildman–Crippen MR) is 69.9 cm³/mol. The van der Waals surface area contributed by atoms with Gasteiger partial charge >= 0.3 is 0 Å². The lowest BCUT2D eigenvalue weighted by Crippen LogP contribution is -2.42. The first-order valence-electron chi connectivity index (χ1n) is 6.42. The second-order valence-electron chi connectivity index (χ2n) is 4.79. The van der Waals surface area contributed by atoms with Gasteiger partial charge in [-0.1, -0.05) is 30.3 Å². The van der Waals surface area contributed by atoms with Crippen LogP contribution in [0.1, 0.15) is 24.5 Å². The summed E-state index contributed by atoms with van der Waals surface area (Å²) < 4.78 is 0. The molecule has 1 heterocycles. The number of β-amino-alcohol motifs (C(OH)–C–C–N with tert-alkyl or cyclic N) is 1. The van der Waals surface area contributed by atoms with Crippen LogP contribution in [0.3, 0.4) is 0 Å². The van der Waals surface area contributed by atoms with Gasteiger partial charge in [-0.3, -0.25) is 0 Å². The zero-order chi connectivity index (χ0) is 12.1.